The fourth-order valence-corrected chi connectivity index (χ4v) is 1.29. The van der Waals surface area contributed by atoms with Gasteiger partial charge < -0.3 is 4.98 Å². The Balaban J connectivity index is 0.000000310. The molecule has 0 aliphatic carbocycles. The van der Waals surface area contributed by atoms with Crippen molar-refractivity contribution >= 4 is 10.9 Å². The maximum absolute atomic E-state index is 4.18. The second-order valence-electron chi connectivity index (χ2n) is 3.08. The van der Waals surface area contributed by atoms with Crippen LogP contribution in [0.25, 0.3) is 10.9 Å². The zero-order valence-electron chi connectivity index (χ0n) is 10.3. The minimum absolute atomic E-state index is 0. The Morgan fingerprint density at radius 2 is 1.53 bits per heavy atom. The van der Waals surface area contributed by atoms with E-state index in [4.69, 9.17) is 0 Å². The van der Waals surface area contributed by atoms with Crippen molar-refractivity contribution < 1.29 is 1.43 Å². The lowest BCUT2D eigenvalue weighted by Gasteiger charge is -1.91. The predicted molar refractivity (Wildman–Crippen MR) is 76.0 cm³/mol. The maximum atomic E-state index is 4.18. The summed E-state index contributed by atoms with van der Waals surface area (Å²) >= 11 is 0. The third-order valence-corrected chi connectivity index (χ3v) is 2.01. The number of para-hydroxylation sites is 1. The highest BCUT2D eigenvalue weighted by Gasteiger charge is 1.86. The predicted octanol–water partition coefficient (Wildman–Crippen LogP) is 4.52. The van der Waals surface area contributed by atoms with E-state index in [2.05, 4.69) is 22.1 Å². The van der Waals surface area contributed by atoms with Crippen molar-refractivity contribution in [3.05, 3.63) is 67.1 Å². The first-order valence-corrected chi connectivity index (χ1v) is 5.84. The Kier molecular flexibility index (Phi) is 6.19. The van der Waals surface area contributed by atoms with E-state index in [0.717, 1.165) is 5.52 Å². The summed E-state index contributed by atoms with van der Waals surface area (Å²) in [6.07, 6.45) is 5.56. The molecule has 1 aromatic carbocycles. The molecule has 0 atom stereocenters. The van der Waals surface area contributed by atoms with Crippen LogP contribution in [0.15, 0.2) is 67.1 Å². The molecular formula is C15H20N2. The number of nitrogens with one attached hydrogen (secondary N) is 1. The van der Waals surface area contributed by atoms with Crippen LogP contribution in [0, 0.1) is 0 Å². The highest BCUT2D eigenvalue weighted by atomic mass is 14.6. The number of rotatable bonds is 0. The Morgan fingerprint density at radius 3 is 2.12 bits per heavy atom. The zero-order valence-corrected chi connectivity index (χ0v) is 10.3. The van der Waals surface area contributed by atoms with Crippen LogP contribution in [-0.4, -0.2) is 9.97 Å². The van der Waals surface area contributed by atoms with Gasteiger partial charge in [0, 0.05) is 25.4 Å². The van der Waals surface area contributed by atoms with Crippen LogP contribution in [0.4, 0.5) is 0 Å². The average molecular weight is 228 g/mol. The Labute approximate surface area is 104 Å². The van der Waals surface area contributed by atoms with Crippen LogP contribution < -0.4 is 0 Å². The van der Waals surface area contributed by atoms with Gasteiger partial charge in [0.1, 0.15) is 0 Å². The molecule has 0 bridgehead atoms. The summed E-state index contributed by atoms with van der Waals surface area (Å²) in [5.74, 6) is 0. The molecule has 2 heterocycles. The first-order valence-electron chi connectivity index (χ1n) is 5.84. The lowest BCUT2D eigenvalue weighted by atomic mass is 10.2. The standard InChI is InChI=1S/C9H7N.C4H5N.C2H6.H2/c1-2-6-9-8(4-1)5-3-7-10-9;1-2-4-5-3-1;1-2;/h1-7H;1-5H;1-2H3;1H. The molecule has 3 rings (SSSR count). The Morgan fingerprint density at radius 1 is 0.882 bits per heavy atom. The van der Waals surface area contributed by atoms with E-state index in [1.165, 1.54) is 5.39 Å². The van der Waals surface area contributed by atoms with E-state index in [1.54, 1.807) is 0 Å². The van der Waals surface area contributed by atoms with E-state index in [-0.39, 0.29) is 1.43 Å². The number of hydrogen-bond donors (Lipinski definition) is 1. The highest BCUT2D eigenvalue weighted by Crippen LogP contribution is 2.07. The smallest absolute Gasteiger partial charge is 0.0701 e. The van der Waals surface area contributed by atoms with Crippen LogP contribution in [0.3, 0.4) is 0 Å². The second-order valence-corrected chi connectivity index (χ2v) is 3.08. The van der Waals surface area contributed by atoms with E-state index in [1.807, 2.05) is 68.8 Å². The molecule has 0 amide bonds. The number of H-pyrrole nitrogens is 1. The monoisotopic (exact) mass is 228 g/mol. The van der Waals surface area contributed by atoms with Crippen LogP contribution in [0.5, 0.6) is 0 Å². The number of aromatic nitrogens is 2. The number of nitrogens with zero attached hydrogens (tertiary/aromatic N) is 1. The van der Waals surface area contributed by atoms with Crippen LogP contribution in [0.2, 0.25) is 0 Å². The Hall–Kier alpha value is -2.09. The molecule has 90 valence electrons. The highest BCUT2D eigenvalue weighted by molar-refractivity contribution is 5.77. The molecule has 0 spiro atoms. The van der Waals surface area contributed by atoms with E-state index in [0.29, 0.717) is 0 Å². The lowest BCUT2D eigenvalue weighted by Crippen LogP contribution is -1.73. The zero-order chi connectivity index (χ0) is 12.3. The van der Waals surface area contributed by atoms with Gasteiger partial charge in [0.25, 0.3) is 0 Å². The van der Waals surface area contributed by atoms with Gasteiger partial charge in [0.05, 0.1) is 5.52 Å². The van der Waals surface area contributed by atoms with Gasteiger partial charge in [-0.3, -0.25) is 4.98 Å². The quantitative estimate of drug-likeness (QED) is 0.602. The van der Waals surface area contributed by atoms with Gasteiger partial charge in [-0.05, 0) is 24.3 Å². The molecule has 1 N–H and O–H groups in total. The summed E-state index contributed by atoms with van der Waals surface area (Å²) in [4.78, 5) is 7.04. The molecule has 0 radical (unpaired) electrons. The number of aromatic amines is 1. The first kappa shape index (κ1) is 13.0. The topological polar surface area (TPSA) is 28.7 Å². The summed E-state index contributed by atoms with van der Waals surface area (Å²) in [6.45, 7) is 4.00. The number of fused-ring (bicyclic) bond motifs is 1. The molecule has 0 unspecified atom stereocenters. The maximum Gasteiger partial charge on any atom is 0.0701 e. The molecule has 2 aromatic heterocycles. The molecule has 0 saturated heterocycles. The van der Waals surface area contributed by atoms with Crippen LogP contribution in [-0.2, 0) is 0 Å². The minimum atomic E-state index is 0. The van der Waals surface area contributed by atoms with E-state index in [9.17, 15) is 0 Å². The van der Waals surface area contributed by atoms with Gasteiger partial charge in [0.2, 0.25) is 0 Å². The molecule has 0 aliphatic heterocycles. The SMILES string of the molecule is CC.[HH].c1cc[nH]c1.c1ccc2ncccc2c1. The van der Waals surface area contributed by atoms with Gasteiger partial charge in [0.15, 0.2) is 0 Å². The third kappa shape index (κ3) is 4.51. The normalized spacial score (nSPS) is 8.59. The summed E-state index contributed by atoms with van der Waals surface area (Å²) < 4.78 is 0. The van der Waals surface area contributed by atoms with Crippen molar-refractivity contribution in [1.82, 2.24) is 9.97 Å². The molecular weight excluding hydrogens is 208 g/mol. The van der Waals surface area contributed by atoms with E-state index >= 15 is 0 Å². The van der Waals surface area contributed by atoms with Gasteiger partial charge in [-0.15, -0.1) is 0 Å². The van der Waals surface area contributed by atoms with Gasteiger partial charge in [-0.25, -0.2) is 0 Å². The molecule has 0 aliphatic rings. The Bertz CT molecular complexity index is 424. The molecule has 2 nitrogen and oxygen atoms in total. The first-order chi connectivity index (χ1) is 8.47. The largest absolute Gasteiger partial charge is 0.368 e. The number of benzene rings is 1. The third-order valence-electron chi connectivity index (χ3n) is 2.01. The van der Waals surface area contributed by atoms with Crippen LogP contribution >= 0.6 is 0 Å². The fraction of sp³-hybridized carbons (Fsp3) is 0.133. The van der Waals surface area contributed by atoms with Crippen molar-refractivity contribution in [2.24, 2.45) is 0 Å². The van der Waals surface area contributed by atoms with Crippen molar-refractivity contribution in [3.63, 3.8) is 0 Å². The molecule has 0 fully saturated rings. The number of hydrogen-bond acceptors (Lipinski definition) is 1. The van der Waals surface area contributed by atoms with E-state index < -0.39 is 0 Å². The average Bonchev–Trinajstić information content (AvgIpc) is 3.00. The van der Waals surface area contributed by atoms with Gasteiger partial charge in [-0.2, -0.15) is 0 Å². The lowest BCUT2D eigenvalue weighted by molar-refractivity contribution is 1.41. The van der Waals surface area contributed by atoms with Gasteiger partial charge in [-0.1, -0.05) is 38.1 Å². The summed E-state index contributed by atoms with van der Waals surface area (Å²) in [6, 6.07) is 16.0. The molecule has 3 aromatic rings. The molecule has 2 heteroatoms. The van der Waals surface area contributed by atoms with Crippen molar-refractivity contribution in [1.29, 1.82) is 0 Å². The minimum Gasteiger partial charge on any atom is -0.368 e. The van der Waals surface area contributed by atoms with Crippen molar-refractivity contribution in [2.75, 3.05) is 0 Å². The van der Waals surface area contributed by atoms with Gasteiger partial charge >= 0.3 is 0 Å². The number of pyridine rings is 1. The van der Waals surface area contributed by atoms with Crippen molar-refractivity contribution in [3.8, 4) is 0 Å². The molecule has 0 saturated carbocycles. The summed E-state index contributed by atoms with van der Waals surface area (Å²) in [5, 5.41) is 1.20. The summed E-state index contributed by atoms with van der Waals surface area (Å²) in [5.41, 5.74) is 1.06. The van der Waals surface area contributed by atoms with Crippen LogP contribution in [0.1, 0.15) is 15.3 Å². The molecule has 17 heavy (non-hydrogen) atoms. The fourth-order valence-electron chi connectivity index (χ4n) is 1.29. The van der Waals surface area contributed by atoms with Crippen molar-refractivity contribution in [2.45, 2.75) is 13.8 Å². The summed E-state index contributed by atoms with van der Waals surface area (Å²) in [7, 11) is 0. The second kappa shape index (κ2) is 8.11.